The van der Waals surface area contributed by atoms with Gasteiger partial charge in [0.1, 0.15) is 10.8 Å². The van der Waals surface area contributed by atoms with Gasteiger partial charge in [-0.1, -0.05) is 23.7 Å². The number of aromatic nitrogens is 1. The molecular weight excluding hydrogens is 305 g/mol. The molecule has 0 aliphatic carbocycles. The van der Waals surface area contributed by atoms with E-state index in [9.17, 15) is 18.0 Å². The van der Waals surface area contributed by atoms with Crippen LogP contribution in [0.1, 0.15) is 21.6 Å². The maximum absolute atomic E-state index is 12.7. The van der Waals surface area contributed by atoms with E-state index in [0.717, 1.165) is 12.1 Å². The van der Waals surface area contributed by atoms with Crippen LogP contribution in [-0.2, 0) is 6.18 Å². The molecule has 1 amide bonds. The molecule has 1 aromatic carbocycles. The zero-order valence-corrected chi connectivity index (χ0v) is 11.6. The number of carbonyl (C=O) groups is 1. The monoisotopic (exact) mass is 314 g/mol. The molecule has 0 unspecified atom stereocenters. The minimum Gasteiger partial charge on any atom is -0.320 e. The summed E-state index contributed by atoms with van der Waals surface area (Å²) < 4.78 is 38.0. The van der Waals surface area contributed by atoms with Crippen molar-refractivity contribution in [2.45, 2.75) is 13.1 Å². The van der Waals surface area contributed by atoms with Crippen molar-refractivity contribution in [3.8, 4) is 0 Å². The fourth-order valence-corrected chi connectivity index (χ4v) is 1.82. The fraction of sp³-hybridized carbons (Fsp3) is 0.143. The van der Waals surface area contributed by atoms with E-state index < -0.39 is 17.6 Å². The Morgan fingerprint density at radius 1 is 1.24 bits per heavy atom. The first-order chi connectivity index (χ1) is 9.77. The molecule has 2 rings (SSSR count). The van der Waals surface area contributed by atoms with E-state index in [2.05, 4.69) is 10.3 Å². The smallest absolute Gasteiger partial charge is 0.320 e. The van der Waals surface area contributed by atoms with Crippen LogP contribution in [0.15, 0.2) is 36.4 Å². The van der Waals surface area contributed by atoms with Crippen LogP contribution in [0, 0.1) is 6.92 Å². The van der Waals surface area contributed by atoms with Crippen LogP contribution in [0.25, 0.3) is 0 Å². The second-order valence-electron chi connectivity index (χ2n) is 4.33. The number of nitrogens with zero attached hydrogens (tertiary/aromatic N) is 1. The molecule has 2 aromatic rings. The van der Waals surface area contributed by atoms with Crippen LogP contribution >= 0.6 is 11.6 Å². The molecule has 0 saturated carbocycles. The second-order valence-corrected chi connectivity index (χ2v) is 4.71. The van der Waals surface area contributed by atoms with E-state index >= 15 is 0 Å². The highest BCUT2D eigenvalue weighted by molar-refractivity contribution is 6.29. The Balaban J connectivity index is 2.29. The summed E-state index contributed by atoms with van der Waals surface area (Å²) in [5, 5.41) is 2.53. The lowest BCUT2D eigenvalue weighted by molar-refractivity contribution is -0.137. The van der Waals surface area contributed by atoms with Crippen LogP contribution in [0.3, 0.4) is 0 Å². The highest BCUT2D eigenvalue weighted by Crippen LogP contribution is 2.32. The van der Waals surface area contributed by atoms with Gasteiger partial charge in [0, 0.05) is 5.69 Å². The highest BCUT2D eigenvalue weighted by Gasteiger charge is 2.31. The molecule has 0 fully saturated rings. The van der Waals surface area contributed by atoms with E-state index in [4.69, 9.17) is 11.6 Å². The van der Waals surface area contributed by atoms with E-state index in [1.165, 1.54) is 24.3 Å². The second kappa shape index (κ2) is 5.73. The van der Waals surface area contributed by atoms with Crippen LogP contribution in [-0.4, -0.2) is 10.9 Å². The van der Waals surface area contributed by atoms with Crippen molar-refractivity contribution in [2.24, 2.45) is 0 Å². The molecule has 0 bridgehead atoms. The number of halogens is 4. The van der Waals surface area contributed by atoms with Crippen molar-refractivity contribution in [1.29, 1.82) is 0 Å². The Hall–Kier alpha value is -2.08. The average molecular weight is 315 g/mol. The van der Waals surface area contributed by atoms with Crippen LogP contribution < -0.4 is 5.32 Å². The number of rotatable bonds is 2. The molecule has 1 N–H and O–H groups in total. The molecule has 7 heteroatoms. The SMILES string of the molecule is Cc1ccc(C(F)(F)F)cc1NC(=O)c1cccc(Cl)n1. The lowest BCUT2D eigenvalue weighted by atomic mass is 10.1. The van der Waals surface area contributed by atoms with Crippen molar-refractivity contribution in [3.05, 3.63) is 58.4 Å². The summed E-state index contributed by atoms with van der Waals surface area (Å²) >= 11 is 5.67. The molecule has 0 aliphatic heterocycles. The molecular formula is C14H10ClF3N2O. The standard InChI is InChI=1S/C14H10ClF3N2O/c1-8-5-6-9(14(16,17)18)7-11(8)20-13(21)10-3-2-4-12(15)19-10/h2-7H,1H3,(H,20,21). The summed E-state index contributed by atoms with van der Waals surface area (Å²) in [4.78, 5) is 15.8. The number of anilines is 1. The molecule has 0 spiro atoms. The fourth-order valence-electron chi connectivity index (χ4n) is 1.65. The van der Waals surface area contributed by atoms with Crippen LogP contribution in [0.2, 0.25) is 5.15 Å². The number of carbonyl (C=O) groups excluding carboxylic acids is 1. The summed E-state index contributed by atoms with van der Waals surface area (Å²) in [6.07, 6.45) is -4.47. The Morgan fingerprint density at radius 3 is 2.57 bits per heavy atom. The normalized spacial score (nSPS) is 11.3. The third-order valence-electron chi connectivity index (χ3n) is 2.76. The lowest BCUT2D eigenvalue weighted by Gasteiger charge is -2.12. The maximum atomic E-state index is 12.7. The molecule has 110 valence electrons. The van der Waals surface area contributed by atoms with Crippen molar-refractivity contribution >= 4 is 23.2 Å². The van der Waals surface area contributed by atoms with Gasteiger partial charge in [0.05, 0.1) is 5.56 Å². The summed E-state index contributed by atoms with van der Waals surface area (Å²) in [6, 6.07) is 7.59. The Morgan fingerprint density at radius 2 is 1.95 bits per heavy atom. The molecule has 21 heavy (non-hydrogen) atoms. The zero-order chi connectivity index (χ0) is 15.6. The first-order valence-corrected chi connectivity index (χ1v) is 6.27. The molecule has 0 saturated heterocycles. The van der Waals surface area contributed by atoms with Gasteiger partial charge in [-0.25, -0.2) is 4.98 Å². The van der Waals surface area contributed by atoms with Gasteiger partial charge >= 0.3 is 6.18 Å². The highest BCUT2D eigenvalue weighted by atomic mass is 35.5. The van der Waals surface area contributed by atoms with E-state index in [1.54, 1.807) is 6.92 Å². The summed E-state index contributed by atoms with van der Waals surface area (Å²) in [5.41, 5.74) is -0.211. The van der Waals surface area contributed by atoms with Crippen molar-refractivity contribution in [2.75, 3.05) is 5.32 Å². The summed E-state index contributed by atoms with van der Waals surface area (Å²) in [7, 11) is 0. The summed E-state index contributed by atoms with van der Waals surface area (Å²) in [5.74, 6) is -0.625. The quantitative estimate of drug-likeness (QED) is 0.839. The minimum absolute atomic E-state index is 0.0271. The van der Waals surface area contributed by atoms with E-state index in [-0.39, 0.29) is 16.5 Å². The van der Waals surface area contributed by atoms with Crippen LogP contribution in [0.4, 0.5) is 18.9 Å². The number of pyridine rings is 1. The number of amides is 1. The largest absolute Gasteiger partial charge is 0.416 e. The lowest BCUT2D eigenvalue weighted by Crippen LogP contribution is -2.15. The van der Waals surface area contributed by atoms with Gasteiger partial charge in [-0.2, -0.15) is 13.2 Å². The number of aryl methyl sites for hydroxylation is 1. The molecule has 1 aromatic heterocycles. The molecule has 3 nitrogen and oxygen atoms in total. The van der Waals surface area contributed by atoms with Gasteiger partial charge in [0.15, 0.2) is 0 Å². The number of hydrogen-bond donors (Lipinski definition) is 1. The first-order valence-electron chi connectivity index (χ1n) is 5.89. The predicted octanol–water partition coefficient (Wildman–Crippen LogP) is 4.31. The topological polar surface area (TPSA) is 42.0 Å². The van der Waals surface area contributed by atoms with Gasteiger partial charge in [-0.15, -0.1) is 0 Å². The van der Waals surface area contributed by atoms with E-state index in [1.807, 2.05) is 0 Å². The van der Waals surface area contributed by atoms with Gasteiger partial charge in [-0.05, 0) is 36.8 Å². The van der Waals surface area contributed by atoms with Gasteiger partial charge < -0.3 is 5.32 Å². The predicted molar refractivity (Wildman–Crippen MR) is 73.4 cm³/mol. The van der Waals surface area contributed by atoms with Gasteiger partial charge in [0.2, 0.25) is 0 Å². The number of benzene rings is 1. The van der Waals surface area contributed by atoms with Gasteiger partial charge in [-0.3, -0.25) is 4.79 Å². The summed E-state index contributed by atoms with van der Waals surface area (Å²) in [6.45, 7) is 1.60. The van der Waals surface area contributed by atoms with Crippen molar-refractivity contribution in [3.63, 3.8) is 0 Å². The van der Waals surface area contributed by atoms with Gasteiger partial charge in [0.25, 0.3) is 5.91 Å². The van der Waals surface area contributed by atoms with Crippen LogP contribution in [0.5, 0.6) is 0 Å². The Kier molecular flexibility index (Phi) is 4.18. The molecule has 0 aliphatic rings. The Labute approximate surface area is 123 Å². The third kappa shape index (κ3) is 3.72. The minimum atomic E-state index is -4.47. The Bertz CT molecular complexity index is 686. The number of nitrogens with one attached hydrogen (secondary N) is 1. The first kappa shape index (κ1) is 15.3. The van der Waals surface area contributed by atoms with Crippen molar-refractivity contribution in [1.82, 2.24) is 4.98 Å². The molecule has 0 radical (unpaired) electrons. The van der Waals surface area contributed by atoms with E-state index in [0.29, 0.717) is 5.56 Å². The average Bonchev–Trinajstić information content (AvgIpc) is 2.40. The molecule has 0 atom stereocenters. The number of alkyl halides is 3. The maximum Gasteiger partial charge on any atom is 0.416 e. The number of hydrogen-bond acceptors (Lipinski definition) is 2. The molecule has 1 heterocycles. The zero-order valence-electron chi connectivity index (χ0n) is 10.8. The van der Waals surface area contributed by atoms with Crippen molar-refractivity contribution < 1.29 is 18.0 Å². The third-order valence-corrected chi connectivity index (χ3v) is 2.97.